The zero-order valence-corrected chi connectivity index (χ0v) is 12.2. The van der Waals surface area contributed by atoms with Crippen molar-refractivity contribution in [1.82, 2.24) is 10.2 Å². The molecule has 108 valence electrons. The minimum Gasteiger partial charge on any atom is -0.488 e. The quantitative estimate of drug-likeness (QED) is 0.913. The minimum atomic E-state index is 0.324. The molecule has 0 aliphatic carbocycles. The van der Waals surface area contributed by atoms with Crippen molar-refractivity contribution in [2.24, 2.45) is 0 Å². The van der Waals surface area contributed by atoms with E-state index >= 15 is 0 Å². The summed E-state index contributed by atoms with van der Waals surface area (Å²) in [5.74, 6) is 1.09. The first-order chi connectivity index (χ1) is 9.79. The SMILES string of the molecule is CN1C2CCC1CC(NCC1Cc3ccccc3O1)C2. The lowest BCUT2D eigenvalue weighted by atomic mass is 9.98. The predicted molar refractivity (Wildman–Crippen MR) is 80.2 cm³/mol. The maximum atomic E-state index is 6.02. The van der Waals surface area contributed by atoms with Gasteiger partial charge in [0.2, 0.25) is 0 Å². The third-order valence-corrected chi connectivity index (χ3v) is 5.45. The van der Waals surface area contributed by atoms with Crippen LogP contribution in [0, 0.1) is 0 Å². The van der Waals surface area contributed by atoms with Gasteiger partial charge in [-0.2, -0.15) is 0 Å². The number of benzene rings is 1. The van der Waals surface area contributed by atoms with E-state index in [9.17, 15) is 0 Å². The van der Waals surface area contributed by atoms with Gasteiger partial charge in [0, 0.05) is 31.1 Å². The van der Waals surface area contributed by atoms with Gasteiger partial charge in [0.15, 0.2) is 0 Å². The second-order valence-corrected chi connectivity index (χ2v) is 6.68. The monoisotopic (exact) mass is 272 g/mol. The van der Waals surface area contributed by atoms with Gasteiger partial charge in [-0.15, -0.1) is 0 Å². The van der Waals surface area contributed by atoms with Gasteiger partial charge in [0.05, 0.1) is 0 Å². The highest BCUT2D eigenvalue weighted by Crippen LogP contribution is 2.34. The van der Waals surface area contributed by atoms with Crippen molar-refractivity contribution in [3.05, 3.63) is 29.8 Å². The summed E-state index contributed by atoms with van der Waals surface area (Å²) in [6.45, 7) is 0.989. The van der Waals surface area contributed by atoms with Gasteiger partial charge < -0.3 is 15.0 Å². The molecule has 2 bridgehead atoms. The van der Waals surface area contributed by atoms with Crippen molar-refractivity contribution in [3.8, 4) is 5.75 Å². The van der Waals surface area contributed by atoms with Crippen LogP contribution in [0.25, 0.3) is 0 Å². The summed E-state index contributed by atoms with van der Waals surface area (Å²) in [7, 11) is 2.30. The molecule has 3 aliphatic heterocycles. The van der Waals surface area contributed by atoms with E-state index in [0.717, 1.165) is 30.8 Å². The molecule has 2 fully saturated rings. The van der Waals surface area contributed by atoms with Crippen molar-refractivity contribution in [2.75, 3.05) is 13.6 Å². The fourth-order valence-electron chi connectivity index (χ4n) is 4.24. The maximum Gasteiger partial charge on any atom is 0.123 e. The van der Waals surface area contributed by atoms with E-state index in [2.05, 4.69) is 41.5 Å². The van der Waals surface area contributed by atoms with Crippen LogP contribution in [0.2, 0.25) is 0 Å². The Labute approximate surface area is 121 Å². The number of piperidine rings is 1. The Kier molecular flexibility index (Phi) is 3.20. The van der Waals surface area contributed by atoms with Crippen LogP contribution in [-0.4, -0.2) is 42.7 Å². The topological polar surface area (TPSA) is 24.5 Å². The van der Waals surface area contributed by atoms with Crippen molar-refractivity contribution >= 4 is 0 Å². The summed E-state index contributed by atoms with van der Waals surface area (Å²) in [6, 6.07) is 10.8. The van der Waals surface area contributed by atoms with Crippen molar-refractivity contribution < 1.29 is 4.74 Å². The van der Waals surface area contributed by atoms with Gasteiger partial charge >= 0.3 is 0 Å². The van der Waals surface area contributed by atoms with Crippen molar-refractivity contribution in [1.29, 1.82) is 0 Å². The fourth-order valence-corrected chi connectivity index (χ4v) is 4.24. The van der Waals surface area contributed by atoms with Crippen LogP contribution < -0.4 is 10.1 Å². The van der Waals surface area contributed by atoms with Crippen LogP contribution in [0.15, 0.2) is 24.3 Å². The Balaban J connectivity index is 1.30. The number of nitrogens with one attached hydrogen (secondary N) is 1. The molecule has 3 nitrogen and oxygen atoms in total. The first-order valence-corrected chi connectivity index (χ1v) is 7.99. The Bertz CT molecular complexity index is 451. The molecule has 3 unspecified atom stereocenters. The summed E-state index contributed by atoms with van der Waals surface area (Å²) in [5, 5.41) is 3.77. The molecule has 0 radical (unpaired) electrons. The van der Waals surface area contributed by atoms with Crippen molar-refractivity contribution in [3.63, 3.8) is 0 Å². The summed E-state index contributed by atoms with van der Waals surface area (Å²) in [6.07, 6.45) is 6.79. The van der Waals surface area contributed by atoms with Gasteiger partial charge in [0.1, 0.15) is 11.9 Å². The van der Waals surface area contributed by atoms with Gasteiger partial charge in [-0.3, -0.25) is 0 Å². The molecule has 3 heteroatoms. The van der Waals surface area contributed by atoms with Crippen LogP contribution >= 0.6 is 0 Å². The number of rotatable bonds is 3. The Morgan fingerprint density at radius 3 is 2.70 bits per heavy atom. The van der Waals surface area contributed by atoms with Crippen LogP contribution in [0.1, 0.15) is 31.2 Å². The normalized spacial score (nSPS) is 35.9. The minimum absolute atomic E-state index is 0.324. The Morgan fingerprint density at radius 2 is 1.95 bits per heavy atom. The lowest BCUT2D eigenvalue weighted by molar-refractivity contribution is 0.139. The highest BCUT2D eigenvalue weighted by Gasteiger charge is 2.38. The molecular weight excluding hydrogens is 248 g/mol. The Morgan fingerprint density at radius 1 is 1.20 bits per heavy atom. The van der Waals surface area contributed by atoms with Gasteiger partial charge in [-0.1, -0.05) is 18.2 Å². The van der Waals surface area contributed by atoms with Gasteiger partial charge in [0.25, 0.3) is 0 Å². The van der Waals surface area contributed by atoms with Gasteiger partial charge in [-0.25, -0.2) is 0 Å². The van der Waals surface area contributed by atoms with E-state index in [1.54, 1.807) is 0 Å². The second-order valence-electron chi connectivity index (χ2n) is 6.68. The zero-order chi connectivity index (χ0) is 13.5. The zero-order valence-electron chi connectivity index (χ0n) is 12.2. The number of ether oxygens (including phenoxy) is 1. The summed E-state index contributed by atoms with van der Waals surface area (Å²) in [5.41, 5.74) is 1.36. The Hall–Kier alpha value is -1.06. The second kappa shape index (κ2) is 5.05. The fraction of sp³-hybridized carbons (Fsp3) is 0.647. The van der Waals surface area contributed by atoms with E-state index in [-0.39, 0.29) is 0 Å². The summed E-state index contributed by atoms with van der Waals surface area (Å²) >= 11 is 0. The smallest absolute Gasteiger partial charge is 0.123 e. The molecule has 0 spiro atoms. The molecule has 0 aromatic heterocycles. The van der Waals surface area contributed by atoms with Crippen LogP contribution in [0.4, 0.5) is 0 Å². The van der Waals surface area contributed by atoms with E-state index in [1.807, 2.05) is 0 Å². The maximum absolute atomic E-state index is 6.02. The van der Waals surface area contributed by atoms with Gasteiger partial charge in [-0.05, 0) is 44.4 Å². The largest absolute Gasteiger partial charge is 0.488 e. The third-order valence-electron chi connectivity index (χ3n) is 5.45. The average molecular weight is 272 g/mol. The molecule has 3 aliphatic rings. The average Bonchev–Trinajstić information content (AvgIpc) is 2.94. The molecule has 1 aromatic carbocycles. The van der Waals surface area contributed by atoms with Crippen molar-refractivity contribution in [2.45, 2.75) is 56.3 Å². The number of hydrogen-bond acceptors (Lipinski definition) is 3. The molecular formula is C17H24N2O. The first kappa shape index (κ1) is 12.7. The van der Waals surface area contributed by atoms with E-state index in [0.29, 0.717) is 12.1 Å². The van der Waals surface area contributed by atoms with E-state index in [1.165, 1.54) is 31.2 Å². The highest BCUT2D eigenvalue weighted by atomic mass is 16.5. The number of nitrogens with zero attached hydrogens (tertiary/aromatic N) is 1. The molecule has 1 N–H and O–H groups in total. The molecule has 4 rings (SSSR count). The third kappa shape index (κ3) is 2.23. The van der Waals surface area contributed by atoms with Crippen LogP contribution in [0.5, 0.6) is 5.75 Å². The van der Waals surface area contributed by atoms with E-state index in [4.69, 9.17) is 4.74 Å². The molecule has 0 saturated carbocycles. The molecule has 1 aromatic rings. The number of hydrogen-bond donors (Lipinski definition) is 1. The lowest BCUT2D eigenvalue weighted by Crippen LogP contribution is -2.49. The molecule has 3 heterocycles. The summed E-state index contributed by atoms with van der Waals surface area (Å²) < 4.78 is 6.02. The standard InChI is InChI=1S/C17H24N2O/c1-19-14-6-7-15(19)10-13(9-14)18-11-16-8-12-4-2-3-5-17(12)20-16/h2-5,13-16,18H,6-11H2,1H3. The predicted octanol–water partition coefficient (Wildman–Crippen LogP) is 2.20. The van der Waals surface area contributed by atoms with Crippen LogP contribution in [0.3, 0.4) is 0 Å². The molecule has 20 heavy (non-hydrogen) atoms. The number of fused-ring (bicyclic) bond motifs is 3. The molecule has 2 saturated heterocycles. The number of para-hydroxylation sites is 1. The first-order valence-electron chi connectivity index (χ1n) is 7.99. The molecule has 3 atom stereocenters. The van der Waals surface area contributed by atoms with E-state index < -0.39 is 0 Å². The highest BCUT2D eigenvalue weighted by molar-refractivity contribution is 5.37. The van der Waals surface area contributed by atoms with Crippen LogP contribution in [-0.2, 0) is 6.42 Å². The lowest BCUT2D eigenvalue weighted by Gasteiger charge is -2.37. The molecule has 0 amide bonds. The summed E-state index contributed by atoms with van der Waals surface area (Å²) in [4.78, 5) is 2.60.